The van der Waals surface area contributed by atoms with Crippen LogP contribution in [0.4, 0.5) is 0 Å². The molecule has 2 amide bonds. The second-order valence-corrected chi connectivity index (χ2v) is 8.30. The van der Waals surface area contributed by atoms with Crippen LogP contribution in [0.1, 0.15) is 50.7 Å². The van der Waals surface area contributed by atoms with Gasteiger partial charge in [-0.2, -0.15) is 0 Å². The molecule has 1 atom stereocenters. The molecule has 2 aromatic rings. The third kappa shape index (κ3) is 6.45. The number of piperidine rings is 1. The Bertz CT molecular complexity index is 900. The SMILES string of the molecule is CC(Oc1ccccc1C(C)C)C(=O)N1CCC(NC(=O)/C=C/c2ccccc2)CC1. The predicted octanol–water partition coefficient (Wildman–Crippen LogP) is 4.40. The van der Waals surface area contributed by atoms with Crippen LogP contribution in [0.3, 0.4) is 0 Å². The van der Waals surface area contributed by atoms with E-state index in [1.54, 1.807) is 6.08 Å². The number of likely N-dealkylation sites (tertiary alicyclic amines) is 1. The van der Waals surface area contributed by atoms with Crippen LogP contribution in [-0.4, -0.2) is 41.9 Å². The van der Waals surface area contributed by atoms with Crippen molar-refractivity contribution in [3.8, 4) is 5.75 Å². The lowest BCUT2D eigenvalue weighted by atomic mass is 10.0. The van der Waals surface area contributed by atoms with Gasteiger partial charge in [0.1, 0.15) is 5.75 Å². The fourth-order valence-corrected chi connectivity index (χ4v) is 3.79. The molecule has 2 aromatic carbocycles. The molecule has 0 bridgehead atoms. The van der Waals surface area contributed by atoms with E-state index in [4.69, 9.17) is 4.74 Å². The van der Waals surface area contributed by atoms with Crippen LogP contribution in [0.2, 0.25) is 0 Å². The summed E-state index contributed by atoms with van der Waals surface area (Å²) < 4.78 is 6.02. The number of nitrogens with zero attached hydrogens (tertiary/aromatic N) is 1. The number of carbonyl (C=O) groups is 2. The first kappa shape index (κ1) is 22.6. The molecule has 0 saturated carbocycles. The molecule has 5 heteroatoms. The number of rotatable bonds is 7. The van der Waals surface area contributed by atoms with Crippen molar-refractivity contribution in [3.63, 3.8) is 0 Å². The molecule has 0 aliphatic carbocycles. The van der Waals surface area contributed by atoms with E-state index in [-0.39, 0.29) is 17.9 Å². The van der Waals surface area contributed by atoms with Gasteiger partial charge in [0.2, 0.25) is 5.91 Å². The van der Waals surface area contributed by atoms with Crippen LogP contribution in [-0.2, 0) is 9.59 Å². The molecule has 1 unspecified atom stereocenters. The van der Waals surface area contributed by atoms with Crippen molar-refractivity contribution in [2.24, 2.45) is 0 Å². The molecule has 1 fully saturated rings. The molecule has 0 spiro atoms. The highest BCUT2D eigenvalue weighted by Crippen LogP contribution is 2.27. The third-order valence-electron chi connectivity index (χ3n) is 5.57. The standard InChI is InChI=1S/C26H32N2O3/c1-19(2)23-11-7-8-12-24(23)31-20(3)26(30)28-17-15-22(16-18-28)27-25(29)14-13-21-9-5-4-6-10-21/h4-14,19-20,22H,15-18H2,1-3H3,(H,27,29)/b14-13+. The smallest absolute Gasteiger partial charge is 0.263 e. The summed E-state index contributed by atoms with van der Waals surface area (Å²) >= 11 is 0. The number of amides is 2. The summed E-state index contributed by atoms with van der Waals surface area (Å²) in [5, 5.41) is 3.04. The van der Waals surface area contributed by atoms with E-state index in [9.17, 15) is 9.59 Å². The average Bonchev–Trinajstić information content (AvgIpc) is 2.78. The molecule has 1 saturated heterocycles. The number of ether oxygens (including phenoxy) is 1. The van der Waals surface area contributed by atoms with Gasteiger partial charge >= 0.3 is 0 Å². The normalized spacial score (nSPS) is 15.8. The highest BCUT2D eigenvalue weighted by Gasteiger charge is 2.28. The molecular formula is C26H32N2O3. The average molecular weight is 421 g/mol. The van der Waals surface area contributed by atoms with Crippen LogP contribution in [0.15, 0.2) is 60.7 Å². The molecule has 31 heavy (non-hydrogen) atoms. The van der Waals surface area contributed by atoms with Crippen molar-refractivity contribution in [1.29, 1.82) is 0 Å². The number of hydrogen-bond donors (Lipinski definition) is 1. The first-order valence-corrected chi connectivity index (χ1v) is 11.0. The fourth-order valence-electron chi connectivity index (χ4n) is 3.79. The summed E-state index contributed by atoms with van der Waals surface area (Å²) in [5.74, 6) is 0.988. The number of nitrogens with one attached hydrogen (secondary N) is 1. The van der Waals surface area contributed by atoms with Crippen LogP contribution in [0, 0.1) is 0 Å². The van der Waals surface area contributed by atoms with E-state index < -0.39 is 6.10 Å². The molecule has 3 rings (SSSR count). The van der Waals surface area contributed by atoms with Gasteiger partial charge in [0.25, 0.3) is 5.91 Å². The Labute approximate surface area is 185 Å². The molecular weight excluding hydrogens is 388 g/mol. The number of carbonyl (C=O) groups excluding carboxylic acids is 2. The summed E-state index contributed by atoms with van der Waals surface area (Å²) in [6.45, 7) is 7.27. The number of hydrogen-bond acceptors (Lipinski definition) is 3. The van der Waals surface area contributed by atoms with Crippen LogP contribution < -0.4 is 10.1 Å². The molecule has 164 valence electrons. The molecule has 0 radical (unpaired) electrons. The Balaban J connectivity index is 1.47. The lowest BCUT2D eigenvalue weighted by Crippen LogP contribution is -2.49. The highest BCUT2D eigenvalue weighted by atomic mass is 16.5. The van der Waals surface area contributed by atoms with Gasteiger partial charge < -0.3 is 15.0 Å². The minimum absolute atomic E-state index is 0.00712. The molecule has 1 N–H and O–H groups in total. The lowest BCUT2D eigenvalue weighted by Gasteiger charge is -2.34. The van der Waals surface area contributed by atoms with Gasteiger partial charge in [0, 0.05) is 25.2 Å². The van der Waals surface area contributed by atoms with Gasteiger partial charge in [-0.25, -0.2) is 0 Å². The van der Waals surface area contributed by atoms with Crippen LogP contribution in [0.25, 0.3) is 6.08 Å². The summed E-state index contributed by atoms with van der Waals surface area (Å²) in [6, 6.07) is 17.7. The quantitative estimate of drug-likeness (QED) is 0.676. The van der Waals surface area contributed by atoms with E-state index >= 15 is 0 Å². The monoisotopic (exact) mass is 420 g/mol. The summed E-state index contributed by atoms with van der Waals surface area (Å²) in [5.41, 5.74) is 2.10. The van der Waals surface area contributed by atoms with Gasteiger partial charge in [-0.3, -0.25) is 9.59 Å². The molecule has 1 aliphatic rings. The van der Waals surface area contributed by atoms with Crippen molar-refractivity contribution >= 4 is 17.9 Å². The number of para-hydroxylation sites is 1. The zero-order chi connectivity index (χ0) is 22.2. The largest absolute Gasteiger partial charge is 0.481 e. The van der Waals surface area contributed by atoms with Gasteiger partial charge in [0.05, 0.1) is 0 Å². The Kier molecular flexibility index (Phi) is 7.88. The first-order chi connectivity index (χ1) is 14.9. The minimum Gasteiger partial charge on any atom is -0.481 e. The van der Waals surface area contributed by atoms with Crippen molar-refractivity contribution in [2.45, 2.75) is 51.7 Å². The van der Waals surface area contributed by atoms with Gasteiger partial charge in [0.15, 0.2) is 6.10 Å². The Hall–Kier alpha value is -3.08. The minimum atomic E-state index is -0.542. The van der Waals surface area contributed by atoms with Gasteiger partial charge in [-0.15, -0.1) is 0 Å². The lowest BCUT2D eigenvalue weighted by molar-refractivity contribution is -0.139. The molecule has 5 nitrogen and oxygen atoms in total. The van der Waals surface area contributed by atoms with E-state index in [1.165, 1.54) is 0 Å². The Morgan fingerprint density at radius 1 is 1.00 bits per heavy atom. The van der Waals surface area contributed by atoms with Crippen LogP contribution in [0.5, 0.6) is 5.75 Å². The Morgan fingerprint density at radius 2 is 1.65 bits per heavy atom. The summed E-state index contributed by atoms with van der Waals surface area (Å²) in [7, 11) is 0. The zero-order valence-corrected chi connectivity index (χ0v) is 18.6. The van der Waals surface area contributed by atoms with E-state index in [0.717, 1.165) is 29.7 Å². The van der Waals surface area contributed by atoms with Crippen molar-refractivity contribution in [3.05, 3.63) is 71.8 Å². The summed E-state index contributed by atoms with van der Waals surface area (Å²) in [6.07, 6.45) is 4.31. The number of benzene rings is 2. The van der Waals surface area contributed by atoms with Gasteiger partial charge in [-0.1, -0.05) is 62.4 Å². The maximum Gasteiger partial charge on any atom is 0.263 e. The Morgan fingerprint density at radius 3 is 2.32 bits per heavy atom. The highest BCUT2D eigenvalue weighted by molar-refractivity contribution is 5.91. The first-order valence-electron chi connectivity index (χ1n) is 11.0. The van der Waals surface area contributed by atoms with E-state index in [0.29, 0.717) is 19.0 Å². The van der Waals surface area contributed by atoms with Crippen LogP contribution >= 0.6 is 0 Å². The zero-order valence-electron chi connectivity index (χ0n) is 18.6. The van der Waals surface area contributed by atoms with Crippen molar-refractivity contribution in [2.75, 3.05) is 13.1 Å². The van der Waals surface area contributed by atoms with Crippen molar-refractivity contribution < 1.29 is 14.3 Å². The molecule has 1 aliphatic heterocycles. The maximum atomic E-state index is 12.9. The summed E-state index contributed by atoms with van der Waals surface area (Å²) in [4.78, 5) is 26.9. The van der Waals surface area contributed by atoms with Crippen molar-refractivity contribution in [1.82, 2.24) is 10.2 Å². The second-order valence-electron chi connectivity index (χ2n) is 8.30. The van der Waals surface area contributed by atoms with E-state index in [1.807, 2.05) is 72.5 Å². The van der Waals surface area contributed by atoms with E-state index in [2.05, 4.69) is 19.2 Å². The second kappa shape index (κ2) is 10.8. The van der Waals surface area contributed by atoms with Gasteiger partial charge in [-0.05, 0) is 49.0 Å². The fraction of sp³-hybridized carbons (Fsp3) is 0.385. The molecule has 1 heterocycles. The predicted molar refractivity (Wildman–Crippen MR) is 124 cm³/mol. The maximum absolute atomic E-state index is 12.9. The molecule has 0 aromatic heterocycles. The topological polar surface area (TPSA) is 58.6 Å². The third-order valence-corrected chi connectivity index (χ3v) is 5.57.